The highest BCUT2D eigenvalue weighted by atomic mass is 16.5. The largest absolute Gasteiger partial charge is 0.461 e. The molecule has 0 radical (unpaired) electrons. The van der Waals surface area contributed by atoms with Gasteiger partial charge in [-0.2, -0.15) is 10.5 Å². The number of carbonyl (C=O) groups excluding carboxylic acids is 2. The van der Waals surface area contributed by atoms with Crippen LogP contribution in [0.5, 0.6) is 0 Å². The Morgan fingerprint density at radius 3 is 2.45 bits per heavy atom. The first kappa shape index (κ1) is 22.0. The quantitative estimate of drug-likeness (QED) is 0.298. The van der Waals surface area contributed by atoms with Crippen molar-refractivity contribution in [2.75, 3.05) is 13.2 Å². The molecule has 0 aliphatic heterocycles. The molecule has 1 fully saturated rings. The number of nitrogens with zero attached hydrogens (tertiary/aromatic N) is 2. The second kappa shape index (κ2) is 9.79. The number of nitriles is 2. The molecule has 6 heteroatoms. The van der Waals surface area contributed by atoms with Crippen LogP contribution in [0.4, 0.5) is 0 Å². The Bertz CT molecular complexity index is 886. The Morgan fingerprint density at radius 1 is 1.17 bits per heavy atom. The third-order valence-electron chi connectivity index (χ3n) is 5.47. The second-order valence-corrected chi connectivity index (χ2v) is 7.35. The van der Waals surface area contributed by atoms with E-state index in [1.807, 2.05) is 6.08 Å². The number of fused-ring (bicyclic) bond motifs is 2. The predicted molar refractivity (Wildman–Crippen MR) is 104 cm³/mol. The zero-order valence-corrected chi connectivity index (χ0v) is 16.8. The van der Waals surface area contributed by atoms with Gasteiger partial charge in [-0.3, -0.25) is 9.59 Å². The summed E-state index contributed by atoms with van der Waals surface area (Å²) in [6.45, 7) is 6.32. The Kier molecular flexibility index (Phi) is 7.44. The molecule has 3 atom stereocenters. The molecule has 0 saturated heterocycles. The van der Waals surface area contributed by atoms with Gasteiger partial charge in [0.05, 0.1) is 12.1 Å². The fourth-order valence-electron chi connectivity index (χ4n) is 4.15. The molecule has 1 saturated carbocycles. The summed E-state index contributed by atoms with van der Waals surface area (Å²) in [5.74, 6) is 4.98. The Morgan fingerprint density at radius 2 is 1.86 bits per heavy atom. The molecular formula is C23H24N2O4. The van der Waals surface area contributed by atoms with Gasteiger partial charge in [0.1, 0.15) is 6.61 Å². The van der Waals surface area contributed by atoms with Crippen molar-refractivity contribution in [2.45, 2.75) is 39.5 Å². The molecule has 0 aromatic heterocycles. The van der Waals surface area contributed by atoms with Gasteiger partial charge in [-0.25, -0.2) is 0 Å². The maximum atomic E-state index is 11.3. The van der Waals surface area contributed by atoms with Crippen LogP contribution in [-0.4, -0.2) is 25.2 Å². The molecule has 0 amide bonds. The molecule has 0 spiro atoms. The van der Waals surface area contributed by atoms with E-state index < -0.39 is 17.4 Å². The highest BCUT2D eigenvalue weighted by Gasteiger charge is 2.47. The lowest BCUT2D eigenvalue weighted by molar-refractivity contribution is -0.140. The smallest absolute Gasteiger partial charge is 0.303 e. The number of hydrogen-bond donors (Lipinski definition) is 0. The van der Waals surface area contributed by atoms with Crippen LogP contribution in [0.2, 0.25) is 0 Å². The predicted octanol–water partition coefficient (Wildman–Crippen LogP) is 3.22. The molecule has 150 valence electrons. The highest BCUT2D eigenvalue weighted by Crippen LogP contribution is 2.52. The minimum Gasteiger partial charge on any atom is -0.461 e. The van der Waals surface area contributed by atoms with Gasteiger partial charge in [0, 0.05) is 31.8 Å². The van der Waals surface area contributed by atoms with E-state index in [1.165, 1.54) is 13.8 Å². The van der Waals surface area contributed by atoms with Gasteiger partial charge < -0.3 is 9.47 Å². The first-order valence-corrected chi connectivity index (χ1v) is 9.52. The minimum absolute atomic E-state index is 0.00102. The van der Waals surface area contributed by atoms with Crippen molar-refractivity contribution in [3.8, 4) is 24.0 Å². The van der Waals surface area contributed by atoms with E-state index in [9.17, 15) is 20.1 Å². The van der Waals surface area contributed by atoms with Crippen LogP contribution >= 0.6 is 0 Å². The van der Waals surface area contributed by atoms with Crippen molar-refractivity contribution < 1.29 is 19.1 Å². The summed E-state index contributed by atoms with van der Waals surface area (Å²) in [6, 6.07) is 4.34. The van der Waals surface area contributed by atoms with E-state index in [0.717, 1.165) is 19.3 Å². The first-order chi connectivity index (χ1) is 13.9. The number of esters is 2. The highest BCUT2D eigenvalue weighted by molar-refractivity contribution is 5.66. The van der Waals surface area contributed by atoms with Crippen molar-refractivity contribution in [3.63, 3.8) is 0 Å². The van der Waals surface area contributed by atoms with Crippen molar-refractivity contribution in [1.29, 1.82) is 10.5 Å². The van der Waals surface area contributed by atoms with E-state index in [0.29, 0.717) is 17.1 Å². The number of ether oxygens (including phenoxy) is 2. The fourth-order valence-corrected chi connectivity index (χ4v) is 4.15. The van der Waals surface area contributed by atoms with Gasteiger partial charge in [-0.05, 0) is 36.7 Å². The van der Waals surface area contributed by atoms with Crippen molar-refractivity contribution in [2.24, 2.45) is 23.2 Å². The maximum Gasteiger partial charge on any atom is 0.303 e. The van der Waals surface area contributed by atoms with E-state index >= 15 is 0 Å². The van der Waals surface area contributed by atoms with Crippen LogP contribution < -0.4 is 0 Å². The lowest BCUT2D eigenvalue weighted by atomic mass is 9.65. The van der Waals surface area contributed by atoms with Gasteiger partial charge in [-0.15, -0.1) is 5.73 Å². The van der Waals surface area contributed by atoms with Gasteiger partial charge in [-0.1, -0.05) is 24.5 Å². The lowest BCUT2D eigenvalue weighted by Crippen LogP contribution is -2.33. The lowest BCUT2D eigenvalue weighted by Gasteiger charge is -2.36. The van der Waals surface area contributed by atoms with E-state index in [1.54, 1.807) is 0 Å². The van der Waals surface area contributed by atoms with Crippen molar-refractivity contribution >= 4 is 11.9 Å². The molecule has 0 aromatic rings. The zero-order valence-electron chi connectivity index (χ0n) is 16.8. The van der Waals surface area contributed by atoms with Gasteiger partial charge in [0.2, 0.25) is 0 Å². The molecular weight excluding hydrogens is 368 g/mol. The molecule has 0 N–H and O–H groups in total. The number of rotatable bonds is 6. The van der Waals surface area contributed by atoms with Gasteiger partial charge >= 0.3 is 11.9 Å². The third kappa shape index (κ3) is 5.17. The Balaban J connectivity index is 2.37. The summed E-state index contributed by atoms with van der Waals surface area (Å²) in [5, 5.41) is 19.9. The summed E-state index contributed by atoms with van der Waals surface area (Å²) in [5.41, 5.74) is 2.82. The number of allylic oxidation sites excluding steroid dienone is 2. The van der Waals surface area contributed by atoms with E-state index in [2.05, 4.69) is 36.3 Å². The summed E-state index contributed by atoms with van der Waals surface area (Å²) in [7, 11) is 0. The molecule has 0 aromatic carbocycles. The minimum atomic E-state index is -1.44. The van der Waals surface area contributed by atoms with Crippen molar-refractivity contribution in [1.82, 2.24) is 0 Å². The molecule has 29 heavy (non-hydrogen) atoms. The van der Waals surface area contributed by atoms with Crippen LogP contribution in [0, 0.1) is 57.7 Å². The standard InChI is InChI=1S/C23H24N2O4/c1-4-19(13-29-17(3)27)22-20-8-7-18(11-20)12-21(22)23(14-24,15-25)9-5-6-10-28-16(2)26/h12,18,20,22H,1,7-11,13H2,2-3H3/t18?,20-,22+/m1/s1. The monoisotopic (exact) mass is 392 g/mol. The summed E-state index contributed by atoms with van der Waals surface area (Å²) < 4.78 is 9.95. The summed E-state index contributed by atoms with van der Waals surface area (Å²) in [4.78, 5) is 22.1. The molecule has 2 aliphatic carbocycles. The molecule has 2 bridgehead atoms. The summed E-state index contributed by atoms with van der Waals surface area (Å²) in [6.07, 6.45) is 4.95. The van der Waals surface area contributed by atoms with Crippen LogP contribution in [0.1, 0.15) is 39.5 Å². The third-order valence-corrected chi connectivity index (χ3v) is 5.47. The average molecular weight is 392 g/mol. The molecule has 2 aliphatic rings. The fraction of sp³-hybridized carbons (Fsp3) is 0.522. The Labute approximate surface area is 171 Å². The molecule has 2 rings (SSSR count). The normalized spacial score (nSPS) is 21.9. The second-order valence-electron chi connectivity index (χ2n) is 7.35. The van der Waals surface area contributed by atoms with Crippen LogP contribution in [-0.2, 0) is 19.1 Å². The summed E-state index contributed by atoms with van der Waals surface area (Å²) >= 11 is 0. The average Bonchev–Trinajstić information content (AvgIpc) is 3.07. The van der Waals surface area contributed by atoms with Crippen LogP contribution in [0.15, 0.2) is 29.5 Å². The molecule has 6 nitrogen and oxygen atoms in total. The van der Waals surface area contributed by atoms with Crippen molar-refractivity contribution in [3.05, 3.63) is 29.5 Å². The van der Waals surface area contributed by atoms with Crippen LogP contribution in [0.3, 0.4) is 0 Å². The van der Waals surface area contributed by atoms with Gasteiger partial charge in [0.25, 0.3) is 0 Å². The van der Waals surface area contributed by atoms with E-state index in [4.69, 9.17) is 9.47 Å². The Hall–Kier alpha value is -3.26. The van der Waals surface area contributed by atoms with Crippen LogP contribution in [0.25, 0.3) is 0 Å². The topological polar surface area (TPSA) is 100 Å². The zero-order chi connectivity index (χ0) is 21.4. The van der Waals surface area contributed by atoms with Gasteiger partial charge in [0.15, 0.2) is 12.0 Å². The number of carbonyl (C=O) groups is 2. The maximum absolute atomic E-state index is 11.3. The van der Waals surface area contributed by atoms with E-state index in [-0.39, 0.29) is 31.5 Å². The molecule has 0 heterocycles. The SMILES string of the molecule is C=C=C(COC(C)=O)[C@@H]1C(C(C#N)(C#N)CC#CCOC(C)=O)=CC2CC[C@@H]1C2. The first-order valence-electron chi connectivity index (χ1n) is 9.52. The molecule has 1 unspecified atom stereocenters. The number of hydrogen-bond acceptors (Lipinski definition) is 6.